The van der Waals surface area contributed by atoms with Gasteiger partial charge in [0.15, 0.2) is 0 Å². The van der Waals surface area contributed by atoms with Gasteiger partial charge in [0.05, 0.1) is 0 Å². The van der Waals surface area contributed by atoms with E-state index in [1.807, 2.05) is 0 Å². The first-order valence-corrected chi connectivity index (χ1v) is 5.48. The summed E-state index contributed by atoms with van der Waals surface area (Å²) in [5.74, 6) is 1.80. The predicted octanol–water partition coefficient (Wildman–Crippen LogP) is 2.64. The highest BCUT2D eigenvalue weighted by Crippen LogP contribution is 2.20. The van der Waals surface area contributed by atoms with Crippen LogP contribution in [0.4, 0.5) is 5.82 Å². The number of rotatable bonds is 2. The van der Waals surface area contributed by atoms with Crippen molar-refractivity contribution in [2.75, 3.05) is 11.9 Å². The largest absolute Gasteiger partial charge is 0.370 e. The zero-order valence-electron chi connectivity index (χ0n) is 9.01. The maximum absolute atomic E-state index is 4.64. The first-order valence-electron chi connectivity index (χ1n) is 5.48. The van der Waals surface area contributed by atoms with Crippen LogP contribution in [0.2, 0.25) is 0 Å². The summed E-state index contributed by atoms with van der Waals surface area (Å²) in [6, 6.07) is 4.40. The van der Waals surface area contributed by atoms with Crippen molar-refractivity contribution in [2.45, 2.75) is 33.1 Å². The number of hydrogen-bond donors (Lipinski definition) is 1. The average molecular weight is 190 g/mol. The zero-order valence-corrected chi connectivity index (χ0v) is 9.01. The lowest BCUT2D eigenvalue weighted by Crippen LogP contribution is -2.14. The summed E-state index contributed by atoms with van der Waals surface area (Å²) < 4.78 is 0. The molecule has 2 nitrogen and oxygen atoms in total. The number of aromatic nitrogens is 1. The van der Waals surface area contributed by atoms with Gasteiger partial charge in [-0.15, -0.1) is 0 Å². The van der Waals surface area contributed by atoms with Crippen molar-refractivity contribution in [1.29, 1.82) is 0 Å². The molecular formula is C12H18N2. The lowest BCUT2D eigenvalue weighted by Gasteiger charge is -2.17. The summed E-state index contributed by atoms with van der Waals surface area (Å²) in [5, 5.41) is 3.37. The van der Waals surface area contributed by atoms with Crippen LogP contribution in [0.25, 0.3) is 0 Å². The van der Waals surface area contributed by atoms with E-state index in [-0.39, 0.29) is 0 Å². The standard InChI is InChI=1S/C12H18N2/c1-9(2)8-11-6-5-10-4-3-7-13-12(10)14-11/h5-6,9H,3-4,7-8H2,1-2H3,(H,13,14). The van der Waals surface area contributed by atoms with E-state index >= 15 is 0 Å². The molecule has 0 amide bonds. The molecule has 14 heavy (non-hydrogen) atoms. The van der Waals surface area contributed by atoms with Gasteiger partial charge in [-0.2, -0.15) is 0 Å². The van der Waals surface area contributed by atoms with E-state index in [2.05, 4.69) is 36.3 Å². The van der Waals surface area contributed by atoms with Crippen LogP contribution in [0.3, 0.4) is 0 Å². The number of pyridine rings is 1. The molecular weight excluding hydrogens is 172 g/mol. The maximum Gasteiger partial charge on any atom is 0.129 e. The predicted molar refractivity (Wildman–Crippen MR) is 59.6 cm³/mol. The lowest BCUT2D eigenvalue weighted by molar-refractivity contribution is 0.634. The Bertz CT molecular complexity index is 318. The second-order valence-electron chi connectivity index (χ2n) is 4.44. The van der Waals surface area contributed by atoms with E-state index in [9.17, 15) is 0 Å². The maximum atomic E-state index is 4.64. The Morgan fingerprint density at radius 3 is 3.07 bits per heavy atom. The Morgan fingerprint density at radius 1 is 1.43 bits per heavy atom. The number of aryl methyl sites for hydroxylation is 1. The Hall–Kier alpha value is -1.05. The first kappa shape index (κ1) is 9.50. The molecule has 1 aromatic rings. The summed E-state index contributed by atoms with van der Waals surface area (Å²) >= 11 is 0. The van der Waals surface area contributed by atoms with Crippen LogP contribution in [0.15, 0.2) is 12.1 Å². The molecule has 0 fully saturated rings. The molecule has 2 rings (SSSR count). The van der Waals surface area contributed by atoms with Gasteiger partial charge in [-0.05, 0) is 36.8 Å². The summed E-state index contributed by atoms with van der Waals surface area (Å²) in [6.07, 6.45) is 3.49. The number of nitrogens with zero attached hydrogens (tertiary/aromatic N) is 1. The van der Waals surface area contributed by atoms with Crippen molar-refractivity contribution in [3.8, 4) is 0 Å². The van der Waals surface area contributed by atoms with Crippen molar-refractivity contribution in [2.24, 2.45) is 5.92 Å². The normalized spacial score (nSPS) is 15.1. The molecule has 2 heterocycles. The molecule has 1 N–H and O–H groups in total. The summed E-state index contributed by atoms with van der Waals surface area (Å²) in [5.41, 5.74) is 2.59. The molecule has 0 radical (unpaired) electrons. The van der Waals surface area contributed by atoms with Gasteiger partial charge in [0, 0.05) is 12.2 Å². The van der Waals surface area contributed by atoms with Gasteiger partial charge < -0.3 is 5.32 Å². The quantitative estimate of drug-likeness (QED) is 0.775. The van der Waals surface area contributed by atoms with Gasteiger partial charge in [0.25, 0.3) is 0 Å². The van der Waals surface area contributed by atoms with E-state index in [4.69, 9.17) is 0 Å². The fourth-order valence-corrected chi connectivity index (χ4v) is 1.90. The first-order chi connectivity index (χ1) is 6.75. The number of nitrogens with one attached hydrogen (secondary N) is 1. The van der Waals surface area contributed by atoms with Crippen molar-refractivity contribution >= 4 is 5.82 Å². The van der Waals surface area contributed by atoms with E-state index in [0.29, 0.717) is 5.92 Å². The van der Waals surface area contributed by atoms with Gasteiger partial charge in [-0.25, -0.2) is 4.98 Å². The zero-order chi connectivity index (χ0) is 9.97. The van der Waals surface area contributed by atoms with Crippen LogP contribution in [0.1, 0.15) is 31.5 Å². The highest BCUT2D eigenvalue weighted by Gasteiger charge is 2.10. The van der Waals surface area contributed by atoms with Gasteiger partial charge in [-0.3, -0.25) is 0 Å². The van der Waals surface area contributed by atoms with Gasteiger partial charge >= 0.3 is 0 Å². The molecule has 2 heteroatoms. The topological polar surface area (TPSA) is 24.9 Å². The highest BCUT2D eigenvalue weighted by atomic mass is 15.0. The van der Waals surface area contributed by atoms with Gasteiger partial charge in [0.1, 0.15) is 5.82 Å². The molecule has 76 valence electrons. The minimum Gasteiger partial charge on any atom is -0.370 e. The molecule has 0 saturated carbocycles. The minimum absolute atomic E-state index is 0.684. The Kier molecular flexibility index (Phi) is 2.71. The molecule has 0 unspecified atom stereocenters. The smallest absolute Gasteiger partial charge is 0.129 e. The van der Waals surface area contributed by atoms with E-state index in [1.54, 1.807) is 0 Å². The van der Waals surface area contributed by atoms with Crippen LogP contribution in [0.5, 0.6) is 0 Å². The van der Waals surface area contributed by atoms with Crippen molar-refractivity contribution < 1.29 is 0 Å². The summed E-state index contributed by atoms with van der Waals surface area (Å²) in [7, 11) is 0. The molecule has 0 bridgehead atoms. The molecule has 1 aliphatic rings. The summed E-state index contributed by atoms with van der Waals surface area (Å²) in [6.45, 7) is 5.54. The van der Waals surface area contributed by atoms with E-state index < -0.39 is 0 Å². The monoisotopic (exact) mass is 190 g/mol. The second kappa shape index (κ2) is 3.99. The highest BCUT2D eigenvalue weighted by molar-refractivity contribution is 5.46. The van der Waals surface area contributed by atoms with E-state index in [1.165, 1.54) is 24.1 Å². The van der Waals surface area contributed by atoms with Gasteiger partial charge in [-0.1, -0.05) is 19.9 Å². The molecule has 1 aromatic heterocycles. The third kappa shape index (κ3) is 2.06. The molecule has 0 aliphatic carbocycles. The Morgan fingerprint density at radius 2 is 2.29 bits per heavy atom. The molecule has 0 saturated heterocycles. The number of hydrogen-bond acceptors (Lipinski definition) is 2. The lowest BCUT2D eigenvalue weighted by atomic mass is 10.0. The van der Waals surface area contributed by atoms with Crippen molar-refractivity contribution in [3.63, 3.8) is 0 Å². The number of fused-ring (bicyclic) bond motifs is 1. The third-order valence-corrected chi connectivity index (χ3v) is 2.57. The van der Waals surface area contributed by atoms with Crippen LogP contribution < -0.4 is 5.32 Å². The Balaban J connectivity index is 2.20. The second-order valence-corrected chi connectivity index (χ2v) is 4.44. The molecule has 0 atom stereocenters. The fraction of sp³-hybridized carbons (Fsp3) is 0.583. The summed E-state index contributed by atoms with van der Waals surface area (Å²) in [4.78, 5) is 4.64. The van der Waals surface area contributed by atoms with Crippen LogP contribution >= 0.6 is 0 Å². The fourth-order valence-electron chi connectivity index (χ4n) is 1.90. The van der Waals surface area contributed by atoms with Crippen molar-refractivity contribution in [1.82, 2.24) is 4.98 Å². The van der Waals surface area contributed by atoms with Crippen LogP contribution in [-0.4, -0.2) is 11.5 Å². The average Bonchev–Trinajstić information content (AvgIpc) is 2.17. The van der Waals surface area contributed by atoms with E-state index in [0.717, 1.165) is 18.8 Å². The minimum atomic E-state index is 0.684. The van der Waals surface area contributed by atoms with Gasteiger partial charge in [0.2, 0.25) is 0 Å². The van der Waals surface area contributed by atoms with Crippen LogP contribution in [-0.2, 0) is 12.8 Å². The molecule has 0 spiro atoms. The SMILES string of the molecule is CC(C)Cc1ccc2c(n1)NCCC2. The molecule has 1 aliphatic heterocycles. The third-order valence-electron chi connectivity index (χ3n) is 2.57. The van der Waals surface area contributed by atoms with Crippen LogP contribution in [0, 0.1) is 5.92 Å². The molecule has 0 aromatic carbocycles. The Labute approximate surface area is 85.7 Å². The van der Waals surface area contributed by atoms with Crippen molar-refractivity contribution in [3.05, 3.63) is 23.4 Å². The number of anilines is 1.